The Bertz CT molecular complexity index is 1480. The summed E-state index contributed by atoms with van der Waals surface area (Å²) in [6.45, 7) is 6.99. The maximum atomic E-state index is 14.0. The van der Waals surface area contributed by atoms with Crippen LogP contribution in [0.2, 0.25) is 15.1 Å². The molecule has 0 spiro atoms. The number of amides is 2. The van der Waals surface area contributed by atoms with E-state index in [2.05, 4.69) is 5.32 Å². The van der Waals surface area contributed by atoms with Crippen LogP contribution in [0.5, 0.6) is 0 Å². The molecular weight excluding hydrogens is 593 g/mol. The van der Waals surface area contributed by atoms with Crippen LogP contribution in [0.4, 0.5) is 5.69 Å². The minimum atomic E-state index is -4.20. The molecule has 7 nitrogen and oxygen atoms in total. The van der Waals surface area contributed by atoms with E-state index in [0.717, 1.165) is 16.3 Å². The zero-order valence-corrected chi connectivity index (χ0v) is 25.8. The number of rotatable bonds is 11. The number of nitrogens with one attached hydrogen (secondary N) is 1. The van der Waals surface area contributed by atoms with E-state index in [1.54, 1.807) is 56.3 Å². The average Bonchev–Trinajstić information content (AvgIpc) is 2.92. The second-order valence-corrected chi connectivity index (χ2v) is 12.6. The number of hydrogen-bond acceptors (Lipinski definition) is 4. The number of nitrogens with zero attached hydrogens (tertiary/aromatic N) is 2. The molecule has 0 aliphatic carbocycles. The Morgan fingerprint density at radius 2 is 1.60 bits per heavy atom. The number of sulfonamides is 1. The first kappa shape index (κ1) is 31.7. The summed E-state index contributed by atoms with van der Waals surface area (Å²) < 4.78 is 28.9. The minimum Gasteiger partial charge on any atom is -0.354 e. The third-order valence-electron chi connectivity index (χ3n) is 6.38. The van der Waals surface area contributed by atoms with Crippen molar-refractivity contribution in [1.82, 2.24) is 10.2 Å². The maximum absolute atomic E-state index is 14.0. The first-order valence-electron chi connectivity index (χ1n) is 12.7. The Kier molecular flexibility index (Phi) is 10.9. The van der Waals surface area contributed by atoms with E-state index >= 15 is 0 Å². The molecular formula is C29H32Cl3N3O4S. The zero-order chi connectivity index (χ0) is 29.6. The first-order chi connectivity index (χ1) is 18.8. The summed E-state index contributed by atoms with van der Waals surface area (Å²) in [7, 11) is -4.20. The highest BCUT2D eigenvalue weighted by Crippen LogP contribution is 2.30. The summed E-state index contributed by atoms with van der Waals surface area (Å²) in [6.07, 6.45) is 0.718. The van der Waals surface area contributed by atoms with Crippen molar-refractivity contribution < 1.29 is 18.0 Å². The number of carbonyl (C=O) groups excluding carboxylic acids is 2. The van der Waals surface area contributed by atoms with E-state index in [-0.39, 0.29) is 23.0 Å². The number of carbonyl (C=O) groups is 2. The smallest absolute Gasteiger partial charge is 0.264 e. The van der Waals surface area contributed by atoms with Gasteiger partial charge in [0.05, 0.1) is 20.6 Å². The molecule has 0 saturated carbocycles. The summed E-state index contributed by atoms with van der Waals surface area (Å²) in [6, 6.07) is 15.2. The standard InChI is InChI=1S/C29H32Cl3N3O4S/c1-5-14-33-29(37)21(4)34(17-22-9-13-25(31)26(32)15-22)28(36)18-35(27-16-23(30)10-8-20(27)3)40(38,39)24-11-6-19(2)7-12-24/h6-13,15-16,21H,5,14,17-18H2,1-4H3,(H,33,37). The third-order valence-corrected chi connectivity index (χ3v) is 9.13. The van der Waals surface area contributed by atoms with Crippen molar-refractivity contribution in [2.24, 2.45) is 0 Å². The minimum absolute atomic E-state index is 0.00335. The molecule has 0 heterocycles. The number of anilines is 1. The van der Waals surface area contributed by atoms with Crippen molar-refractivity contribution in [3.63, 3.8) is 0 Å². The Balaban J connectivity index is 2.07. The predicted molar refractivity (Wildman–Crippen MR) is 162 cm³/mol. The van der Waals surface area contributed by atoms with Gasteiger partial charge in [-0.1, -0.05) is 71.6 Å². The van der Waals surface area contributed by atoms with E-state index in [1.165, 1.54) is 23.1 Å². The van der Waals surface area contributed by atoms with E-state index in [4.69, 9.17) is 34.8 Å². The van der Waals surface area contributed by atoms with Gasteiger partial charge >= 0.3 is 0 Å². The maximum Gasteiger partial charge on any atom is 0.264 e. The quantitative estimate of drug-likeness (QED) is 0.267. The number of benzene rings is 3. The van der Waals surface area contributed by atoms with Gasteiger partial charge in [-0.25, -0.2) is 8.42 Å². The van der Waals surface area contributed by atoms with Gasteiger partial charge in [0, 0.05) is 18.1 Å². The molecule has 1 unspecified atom stereocenters. The molecule has 0 fully saturated rings. The summed E-state index contributed by atoms with van der Waals surface area (Å²) in [5.74, 6) is -0.942. The van der Waals surface area contributed by atoms with E-state index < -0.39 is 28.5 Å². The lowest BCUT2D eigenvalue weighted by atomic mass is 10.1. The molecule has 2 amide bonds. The Hall–Kier alpha value is -2.78. The molecule has 214 valence electrons. The normalized spacial score (nSPS) is 12.1. The molecule has 0 aliphatic heterocycles. The highest BCUT2D eigenvalue weighted by atomic mass is 35.5. The van der Waals surface area contributed by atoms with Crippen molar-refractivity contribution in [3.8, 4) is 0 Å². The Morgan fingerprint density at radius 3 is 2.23 bits per heavy atom. The summed E-state index contributed by atoms with van der Waals surface area (Å²) in [5.41, 5.74) is 2.39. The van der Waals surface area contributed by atoms with Crippen molar-refractivity contribution in [2.75, 3.05) is 17.4 Å². The third kappa shape index (κ3) is 7.69. The van der Waals surface area contributed by atoms with E-state index in [9.17, 15) is 18.0 Å². The SMILES string of the molecule is CCCNC(=O)C(C)N(Cc1ccc(Cl)c(Cl)c1)C(=O)CN(c1cc(Cl)ccc1C)S(=O)(=O)c1ccc(C)cc1. The van der Waals surface area contributed by atoms with Crippen LogP contribution in [0.15, 0.2) is 65.6 Å². The molecule has 0 radical (unpaired) electrons. The van der Waals surface area contributed by atoms with Crippen LogP contribution >= 0.6 is 34.8 Å². The van der Waals surface area contributed by atoms with Gasteiger partial charge in [-0.3, -0.25) is 13.9 Å². The summed E-state index contributed by atoms with van der Waals surface area (Å²) >= 11 is 18.5. The fourth-order valence-corrected chi connectivity index (χ4v) is 5.97. The molecule has 3 aromatic rings. The lowest BCUT2D eigenvalue weighted by Gasteiger charge is -2.32. The second kappa shape index (κ2) is 13.7. The second-order valence-electron chi connectivity index (χ2n) is 9.49. The monoisotopic (exact) mass is 623 g/mol. The summed E-state index contributed by atoms with van der Waals surface area (Å²) in [4.78, 5) is 28.3. The highest BCUT2D eigenvalue weighted by molar-refractivity contribution is 7.92. The molecule has 11 heteroatoms. The van der Waals surface area contributed by atoms with Gasteiger partial charge < -0.3 is 10.2 Å². The zero-order valence-electron chi connectivity index (χ0n) is 22.7. The lowest BCUT2D eigenvalue weighted by Crippen LogP contribution is -2.51. The Labute approximate surface area is 251 Å². The van der Waals surface area contributed by atoms with Crippen LogP contribution in [0, 0.1) is 13.8 Å². The molecule has 0 aliphatic rings. The number of halogens is 3. The molecule has 1 atom stereocenters. The van der Waals surface area contributed by atoms with Crippen molar-refractivity contribution >= 4 is 62.3 Å². The van der Waals surface area contributed by atoms with Gasteiger partial charge in [0.25, 0.3) is 10.0 Å². The largest absolute Gasteiger partial charge is 0.354 e. The van der Waals surface area contributed by atoms with E-state index in [0.29, 0.717) is 32.7 Å². The molecule has 3 aromatic carbocycles. The van der Waals surface area contributed by atoms with Crippen LogP contribution in [0.1, 0.15) is 37.0 Å². The van der Waals surface area contributed by atoms with Crippen LogP contribution in [-0.4, -0.2) is 44.3 Å². The van der Waals surface area contributed by atoms with Gasteiger partial charge in [-0.2, -0.15) is 0 Å². The molecule has 1 N–H and O–H groups in total. The fraction of sp³-hybridized carbons (Fsp3) is 0.310. The van der Waals surface area contributed by atoms with Crippen molar-refractivity contribution in [2.45, 2.75) is 51.6 Å². The topological polar surface area (TPSA) is 86.8 Å². The molecule has 3 rings (SSSR count). The van der Waals surface area contributed by atoms with Crippen LogP contribution in [0.3, 0.4) is 0 Å². The number of hydrogen-bond donors (Lipinski definition) is 1. The lowest BCUT2D eigenvalue weighted by molar-refractivity contribution is -0.139. The van der Waals surface area contributed by atoms with Crippen LogP contribution in [-0.2, 0) is 26.2 Å². The van der Waals surface area contributed by atoms with Crippen molar-refractivity contribution in [1.29, 1.82) is 0 Å². The predicted octanol–water partition coefficient (Wildman–Crippen LogP) is 6.40. The molecule has 0 aromatic heterocycles. The van der Waals surface area contributed by atoms with Crippen molar-refractivity contribution in [3.05, 3.63) is 92.4 Å². The molecule has 40 heavy (non-hydrogen) atoms. The first-order valence-corrected chi connectivity index (χ1v) is 15.3. The van der Waals surface area contributed by atoms with Crippen LogP contribution in [0.25, 0.3) is 0 Å². The van der Waals surface area contributed by atoms with Gasteiger partial charge in [-0.05, 0) is 74.7 Å². The van der Waals surface area contributed by atoms with Gasteiger partial charge in [-0.15, -0.1) is 0 Å². The molecule has 0 bridgehead atoms. The van der Waals surface area contributed by atoms with Gasteiger partial charge in [0.15, 0.2) is 0 Å². The average molecular weight is 625 g/mol. The summed E-state index contributed by atoms with van der Waals surface area (Å²) in [5, 5.41) is 3.77. The number of aryl methyl sites for hydroxylation is 2. The van der Waals surface area contributed by atoms with Crippen LogP contribution < -0.4 is 9.62 Å². The van der Waals surface area contributed by atoms with Gasteiger partial charge in [0.1, 0.15) is 12.6 Å². The van der Waals surface area contributed by atoms with Gasteiger partial charge in [0.2, 0.25) is 11.8 Å². The fourth-order valence-electron chi connectivity index (χ4n) is 4.02. The van der Waals surface area contributed by atoms with E-state index in [1.807, 2.05) is 13.8 Å². The highest BCUT2D eigenvalue weighted by Gasteiger charge is 2.33. The molecule has 0 saturated heterocycles. The Morgan fingerprint density at radius 1 is 0.925 bits per heavy atom.